The van der Waals surface area contributed by atoms with E-state index in [1.807, 2.05) is 54.5 Å². The highest BCUT2D eigenvalue weighted by atomic mass is 15.0. The molecule has 4 aromatic heterocycles. The molecule has 1 aliphatic rings. The van der Waals surface area contributed by atoms with E-state index in [1.54, 1.807) is 0 Å². The Bertz CT molecular complexity index is 1530. The molecule has 0 saturated carbocycles. The largest absolute Gasteiger partial charge is 0.346 e. The van der Waals surface area contributed by atoms with Crippen molar-refractivity contribution in [2.75, 3.05) is 13.1 Å². The van der Waals surface area contributed by atoms with Crippen LogP contribution in [0.15, 0.2) is 67.3 Å². The van der Waals surface area contributed by atoms with Crippen molar-refractivity contribution < 1.29 is 0 Å². The van der Waals surface area contributed by atoms with Gasteiger partial charge in [0.1, 0.15) is 5.65 Å². The van der Waals surface area contributed by atoms with Crippen LogP contribution in [0, 0.1) is 17.2 Å². The minimum Gasteiger partial charge on any atom is -0.346 e. The van der Waals surface area contributed by atoms with Crippen LogP contribution in [0.25, 0.3) is 44.3 Å². The van der Waals surface area contributed by atoms with Gasteiger partial charge >= 0.3 is 0 Å². The second-order valence-corrected chi connectivity index (χ2v) is 9.19. The van der Waals surface area contributed by atoms with Gasteiger partial charge in [-0.1, -0.05) is 12.1 Å². The molecule has 34 heavy (non-hydrogen) atoms. The molecule has 0 aliphatic carbocycles. The molecule has 5 heterocycles. The maximum absolute atomic E-state index is 9.28. The number of benzene rings is 1. The average molecular weight is 447 g/mol. The minimum atomic E-state index is 0.654. The number of aryl methyl sites for hydroxylation is 1. The Morgan fingerprint density at radius 3 is 2.62 bits per heavy atom. The molecule has 0 unspecified atom stereocenters. The number of piperidine rings is 1. The van der Waals surface area contributed by atoms with Crippen LogP contribution in [-0.2, 0) is 13.6 Å². The number of aromatic nitrogens is 4. The smallest absolute Gasteiger partial charge is 0.139 e. The summed E-state index contributed by atoms with van der Waals surface area (Å²) in [6.45, 7) is 3.20. The summed E-state index contributed by atoms with van der Waals surface area (Å²) < 4.78 is 4.38. The summed E-state index contributed by atoms with van der Waals surface area (Å²) >= 11 is 0. The highest BCUT2D eigenvalue weighted by Crippen LogP contribution is 2.38. The molecule has 1 aliphatic heterocycles. The van der Waals surface area contributed by atoms with Gasteiger partial charge in [0, 0.05) is 54.1 Å². The van der Waals surface area contributed by atoms with Gasteiger partial charge in [-0.05, 0) is 67.7 Å². The molecule has 5 aromatic rings. The molecule has 6 nitrogen and oxygen atoms in total. The zero-order valence-electron chi connectivity index (χ0n) is 19.2. The Morgan fingerprint density at radius 2 is 1.82 bits per heavy atom. The zero-order chi connectivity index (χ0) is 23.1. The van der Waals surface area contributed by atoms with Gasteiger partial charge in [-0.15, -0.1) is 0 Å². The highest BCUT2D eigenvalue weighted by Gasteiger charge is 2.19. The van der Waals surface area contributed by atoms with Gasteiger partial charge < -0.3 is 14.5 Å². The van der Waals surface area contributed by atoms with Crippen molar-refractivity contribution in [1.82, 2.24) is 24.4 Å². The fraction of sp³-hybridized carbons (Fsp3) is 0.250. The SMILES string of the molecule is Cn1ccc2cc(-c3ncc4c(ccn4CC4CCNCC4)c3-c3ccc(C#N)cc3)cnc21. The first-order chi connectivity index (χ1) is 16.7. The van der Waals surface area contributed by atoms with E-state index in [1.165, 1.54) is 18.2 Å². The zero-order valence-corrected chi connectivity index (χ0v) is 19.2. The van der Waals surface area contributed by atoms with E-state index in [2.05, 4.69) is 40.3 Å². The van der Waals surface area contributed by atoms with E-state index in [-0.39, 0.29) is 0 Å². The van der Waals surface area contributed by atoms with Crippen LogP contribution in [0.4, 0.5) is 0 Å². The van der Waals surface area contributed by atoms with Crippen LogP contribution in [0.3, 0.4) is 0 Å². The normalized spacial score (nSPS) is 14.6. The standard InChI is InChI=1S/C28H26N6/c1-33-12-8-22-14-23(16-32-28(22)33)27-26(21-4-2-19(15-29)3-5-21)24-9-13-34(25(24)17-31-27)18-20-6-10-30-11-7-20/h2-5,8-9,12-14,16-17,20,30H,6-7,10-11,18H2,1H3. The monoisotopic (exact) mass is 446 g/mol. The van der Waals surface area contributed by atoms with Gasteiger partial charge in [0.15, 0.2) is 0 Å². The first-order valence-corrected chi connectivity index (χ1v) is 11.8. The predicted molar refractivity (Wildman–Crippen MR) is 135 cm³/mol. The van der Waals surface area contributed by atoms with Gasteiger partial charge in [0.25, 0.3) is 0 Å². The van der Waals surface area contributed by atoms with Crippen LogP contribution in [0.2, 0.25) is 0 Å². The second kappa shape index (κ2) is 8.44. The van der Waals surface area contributed by atoms with Gasteiger partial charge in [0.2, 0.25) is 0 Å². The summed E-state index contributed by atoms with van der Waals surface area (Å²) in [6.07, 6.45) is 10.6. The number of hydrogen-bond donors (Lipinski definition) is 1. The quantitative estimate of drug-likeness (QED) is 0.416. The van der Waals surface area contributed by atoms with Gasteiger partial charge in [-0.2, -0.15) is 5.26 Å². The van der Waals surface area contributed by atoms with Crippen LogP contribution in [-0.4, -0.2) is 32.2 Å². The number of nitrogens with one attached hydrogen (secondary N) is 1. The molecule has 1 fully saturated rings. The molecule has 1 saturated heterocycles. The van der Waals surface area contributed by atoms with Crippen molar-refractivity contribution in [3.05, 3.63) is 72.8 Å². The van der Waals surface area contributed by atoms with E-state index < -0.39 is 0 Å². The summed E-state index contributed by atoms with van der Waals surface area (Å²) in [7, 11) is 2.01. The van der Waals surface area contributed by atoms with E-state index in [0.717, 1.165) is 58.6 Å². The number of pyridine rings is 2. The van der Waals surface area contributed by atoms with Crippen molar-refractivity contribution in [1.29, 1.82) is 5.26 Å². The lowest BCUT2D eigenvalue weighted by Crippen LogP contribution is -2.29. The third kappa shape index (κ3) is 3.55. The molecule has 168 valence electrons. The molecular formula is C28H26N6. The lowest BCUT2D eigenvalue weighted by molar-refractivity contribution is 0.337. The summed E-state index contributed by atoms with van der Waals surface area (Å²) in [5, 5.41) is 15.0. The molecule has 0 spiro atoms. The highest BCUT2D eigenvalue weighted by molar-refractivity contribution is 6.02. The first kappa shape index (κ1) is 20.6. The summed E-state index contributed by atoms with van der Waals surface area (Å²) in [5.74, 6) is 0.680. The molecule has 1 N–H and O–H groups in total. The van der Waals surface area contributed by atoms with Crippen LogP contribution in [0.5, 0.6) is 0 Å². The van der Waals surface area contributed by atoms with E-state index in [4.69, 9.17) is 9.97 Å². The van der Waals surface area contributed by atoms with Crippen LogP contribution in [0.1, 0.15) is 18.4 Å². The minimum absolute atomic E-state index is 0.654. The van der Waals surface area contributed by atoms with Crippen LogP contribution < -0.4 is 5.32 Å². The second-order valence-electron chi connectivity index (χ2n) is 9.19. The van der Waals surface area contributed by atoms with Gasteiger partial charge in [-0.25, -0.2) is 4.98 Å². The third-order valence-corrected chi connectivity index (χ3v) is 7.03. The number of nitriles is 1. The van der Waals surface area contributed by atoms with Crippen molar-refractivity contribution in [3.8, 4) is 28.5 Å². The molecule has 1 aromatic carbocycles. The Labute approximate surface area is 198 Å². The Kier molecular flexibility index (Phi) is 5.12. The Morgan fingerprint density at radius 1 is 1.00 bits per heavy atom. The predicted octanol–water partition coefficient (Wildman–Crippen LogP) is 5.13. The molecule has 6 rings (SSSR count). The summed E-state index contributed by atoms with van der Waals surface area (Å²) in [5.41, 5.74) is 6.80. The average Bonchev–Trinajstić information content (AvgIpc) is 3.47. The molecule has 6 heteroatoms. The lowest BCUT2D eigenvalue weighted by atomic mass is 9.96. The molecule has 0 amide bonds. The van der Waals surface area contributed by atoms with Crippen LogP contribution >= 0.6 is 0 Å². The maximum atomic E-state index is 9.28. The van der Waals surface area contributed by atoms with Crippen molar-refractivity contribution in [2.45, 2.75) is 19.4 Å². The molecule has 0 atom stereocenters. The van der Waals surface area contributed by atoms with Crippen molar-refractivity contribution in [3.63, 3.8) is 0 Å². The van der Waals surface area contributed by atoms with Gasteiger partial charge in [-0.3, -0.25) is 4.98 Å². The molecular weight excluding hydrogens is 420 g/mol. The first-order valence-electron chi connectivity index (χ1n) is 11.8. The summed E-state index contributed by atoms with van der Waals surface area (Å²) in [6, 6.07) is 16.5. The third-order valence-electron chi connectivity index (χ3n) is 7.03. The van der Waals surface area contributed by atoms with Crippen molar-refractivity contribution in [2.24, 2.45) is 13.0 Å². The Hall–Kier alpha value is -3.95. The summed E-state index contributed by atoms with van der Waals surface area (Å²) in [4.78, 5) is 9.70. The fourth-order valence-corrected chi connectivity index (χ4v) is 5.17. The Balaban J connectivity index is 1.52. The molecule has 0 radical (unpaired) electrons. The topological polar surface area (TPSA) is 71.5 Å². The number of rotatable bonds is 4. The number of nitrogens with zero attached hydrogens (tertiary/aromatic N) is 5. The number of fused-ring (bicyclic) bond motifs is 2. The fourth-order valence-electron chi connectivity index (χ4n) is 5.17. The lowest BCUT2D eigenvalue weighted by Gasteiger charge is -2.23. The number of hydrogen-bond acceptors (Lipinski definition) is 4. The van der Waals surface area contributed by atoms with E-state index >= 15 is 0 Å². The van der Waals surface area contributed by atoms with Crippen molar-refractivity contribution >= 4 is 21.9 Å². The van der Waals surface area contributed by atoms with Gasteiger partial charge in [0.05, 0.1) is 29.0 Å². The van der Waals surface area contributed by atoms with E-state index in [0.29, 0.717) is 11.5 Å². The molecule has 0 bridgehead atoms. The maximum Gasteiger partial charge on any atom is 0.139 e. The van der Waals surface area contributed by atoms with E-state index in [9.17, 15) is 5.26 Å².